The molecule has 0 aromatic heterocycles. The van der Waals surface area contributed by atoms with E-state index in [4.69, 9.17) is 16.3 Å². The quantitative estimate of drug-likeness (QED) is 0.899. The highest BCUT2D eigenvalue weighted by molar-refractivity contribution is 6.31. The zero-order valence-electron chi connectivity index (χ0n) is 11.5. The predicted molar refractivity (Wildman–Crippen MR) is 77.3 cm³/mol. The Kier molecular flexibility index (Phi) is 3.63. The van der Waals surface area contributed by atoms with E-state index >= 15 is 0 Å². The van der Waals surface area contributed by atoms with Gasteiger partial charge in [-0.1, -0.05) is 17.7 Å². The number of hydrogen-bond acceptors (Lipinski definition) is 3. The maximum atomic E-state index is 12.4. The molecule has 1 amide bonds. The minimum Gasteiger partial charge on any atom is -0.481 e. The van der Waals surface area contributed by atoms with Crippen molar-refractivity contribution in [3.8, 4) is 0 Å². The van der Waals surface area contributed by atoms with Gasteiger partial charge in [0, 0.05) is 10.7 Å². The van der Waals surface area contributed by atoms with Crippen molar-refractivity contribution in [1.29, 1.82) is 0 Å². The lowest BCUT2D eigenvalue weighted by Crippen LogP contribution is -2.40. The van der Waals surface area contributed by atoms with Crippen LogP contribution in [0.1, 0.15) is 18.4 Å². The van der Waals surface area contributed by atoms with E-state index in [0.29, 0.717) is 17.1 Å². The van der Waals surface area contributed by atoms with E-state index in [1.54, 1.807) is 12.1 Å². The van der Waals surface area contributed by atoms with Gasteiger partial charge in [0.2, 0.25) is 5.91 Å². The monoisotopic (exact) mass is 309 g/mol. The zero-order chi connectivity index (χ0) is 15.1. The highest BCUT2D eigenvalue weighted by Gasteiger charge is 2.55. The number of ether oxygens (including phenoxy) is 1. The average molecular weight is 310 g/mol. The van der Waals surface area contributed by atoms with Gasteiger partial charge in [-0.15, -0.1) is 0 Å². The largest absolute Gasteiger partial charge is 0.481 e. The van der Waals surface area contributed by atoms with Crippen molar-refractivity contribution in [1.82, 2.24) is 0 Å². The molecule has 0 unspecified atom stereocenters. The molecule has 1 aromatic carbocycles. The summed E-state index contributed by atoms with van der Waals surface area (Å²) in [5.41, 5.74) is 1.49. The van der Waals surface area contributed by atoms with Crippen LogP contribution < -0.4 is 5.32 Å². The number of nitrogens with one attached hydrogen (secondary N) is 1. The second kappa shape index (κ2) is 5.31. The van der Waals surface area contributed by atoms with Crippen molar-refractivity contribution >= 4 is 29.2 Å². The van der Waals surface area contributed by atoms with Crippen LogP contribution in [0.25, 0.3) is 0 Å². The van der Waals surface area contributed by atoms with E-state index < -0.39 is 17.8 Å². The van der Waals surface area contributed by atoms with Crippen LogP contribution in [-0.4, -0.2) is 29.2 Å². The van der Waals surface area contributed by atoms with Crippen molar-refractivity contribution < 1.29 is 19.4 Å². The summed E-state index contributed by atoms with van der Waals surface area (Å²) >= 11 is 6.03. The van der Waals surface area contributed by atoms with Crippen LogP contribution in [0.3, 0.4) is 0 Å². The molecule has 2 saturated heterocycles. The molecule has 21 heavy (non-hydrogen) atoms. The highest BCUT2D eigenvalue weighted by atomic mass is 35.5. The Morgan fingerprint density at radius 1 is 1.29 bits per heavy atom. The summed E-state index contributed by atoms with van der Waals surface area (Å²) in [5.74, 6) is -2.68. The number of rotatable bonds is 3. The van der Waals surface area contributed by atoms with Crippen molar-refractivity contribution in [3.63, 3.8) is 0 Å². The van der Waals surface area contributed by atoms with Gasteiger partial charge in [-0.05, 0) is 37.5 Å². The Labute approximate surface area is 127 Å². The molecule has 2 N–H and O–H groups in total. The highest BCUT2D eigenvalue weighted by Crippen LogP contribution is 2.44. The molecular weight excluding hydrogens is 294 g/mol. The fraction of sp³-hybridized carbons (Fsp3) is 0.467. The predicted octanol–water partition coefficient (Wildman–Crippen LogP) is 2.47. The van der Waals surface area contributed by atoms with E-state index in [1.807, 2.05) is 13.0 Å². The molecule has 0 spiro atoms. The normalized spacial score (nSPS) is 30.4. The molecule has 112 valence electrons. The van der Waals surface area contributed by atoms with Crippen molar-refractivity contribution in [2.45, 2.75) is 32.0 Å². The second-order valence-corrected chi connectivity index (χ2v) is 6.04. The van der Waals surface area contributed by atoms with E-state index in [2.05, 4.69) is 5.32 Å². The molecule has 2 aliphatic rings. The summed E-state index contributed by atoms with van der Waals surface area (Å²) in [6.45, 7) is 1.87. The lowest BCUT2D eigenvalue weighted by atomic mass is 9.78. The third-order valence-corrected chi connectivity index (χ3v) is 4.71. The smallest absolute Gasteiger partial charge is 0.310 e. The van der Waals surface area contributed by atoms with Crippen LogP contribution in [-0.2, 0) is 14.3 Å². The lowest BCUT2D eigenvalue weighted by Gasteiger charge is -2.23. The number of anilines is 1. The molecule has 2 fully saturated rings. The van der Waals surface area contributed by atoms with Gasteiger partial charge in [-0.2, -0.15) is 0 Å². The van der Waals surface area contributed by atoms with Gasteiger partial charge >= 0.3 is 5.97 Å². The topological polar surface area (TPSA) is 75.6 Å². The minimum atomic E-state index is -0.968. The Balaban J connectivity index is 1.78. The first-order valence-corrected chi connectivity index (χ1v) is 7.30. The first-order chi connectivity index (χ1) is 9.97. The van der Waals surface area contributed by atoms with Crippen LogP contribution in [0.5, 0.6) is 0 Å². The molecule has 2 bridgehead atoms. The Bertz CT molecular complexity index is 603. The summed E-state index contributed by atoms with van der Waals surface area (Å²) in [7, 11) is 0. The minimum absolute atomic E-state index is 0.294. The number of benzene rings is 1. The van der Waals surface area contributed by atoms with Gasteiger partial charge in [-0.3, -0.25) is 9.59 Å². The number of aryl methyl sites for hydroxylation is 1. The molecule has 6 heteroatoms. The number of carboxylic acids is 1. The Morgan fingerprint density at radius 2 is 1.95 bits per heavy atom. The Morgan fingerprint density at radius 3 is 2.57 bits per heavy atom. The van der Waals surface area contributed by atoms with Crippen molar-refractivity contribution in [3.05, 3.63) is 28.8 Å². The molecule has 2 aliphatic heterocycles. The summed E-state index contributed by atoms with van der Waals surface area (Å²) in [6, 6.07) is 5.23. The molecule has 0 saturated carbocycles. The number of aliphatic carboxylic acids is 1. The molecule has 4 atom stereocenters. The third kappa shape index (κ3) is 2.51. The molecule has 5 nitrogen and oxygen atoms in total. The number of carboxylic acid groups (broad SMARTS) is 1. The van der Waals surface area contributed by atoms with Crippen molar-refractivity contribution in [2.75, 3.05) is 5.32 Å². The summed E-state index contributed by atoms with van der Waals surface area (Å²) in [6.07, 6.45) is 0.810. The molecular formula is C15H16ClNO4. The first-order valence-electron chi connectivity index (χ1n) is 6.92. The van der Waals surface area contributed by atoms with Crippen LogP contribution in [0.15, 0.2) is 18.2 Å². The fourth-order valence-corrected chi connectivity index (χ4v) is 3.40. The molecule has 2 heterocycles. The van der Waals surface area contributed by atoms with Gasteiger partial charge in [0.05, 0.1) is 24.0 Å². The van der Waals surface area contributed by atoms with Crippen molar-refractivity contribution in [2.24, 2.45) is 11.8 Å². The summed E-state index contributed by atoms with van der Waals surface area (Å²) in [5, 5.41) is 12.6. The average Bonchev–Trinajstić information content (AvgIpc) is 3.03. The van der Waals surface area contributed by atoms with Gasteiger partial charge < -0.3 is 15.2 Å². The fourth-order valence-electron chi connectivity index (χ4n) is 3.22. The molecule has 0 aliphatic carbocycles. The summed E-state index contributed by atoms with van der Waals surface area (Å²) < 4.78 is 5.59. The van der Waals surface area contributed by atoms with E-state index in [1.165, 1.54) is 0 Å². The number of halogens is 1. The second-order valence-electron chi connectivity index (χ2n) is 5.63. The summed E-state index contributed by atoms with van der Waals surface area (Å²) in [4.78, 5) is 23.8. The van der Waals surface area contributed by atoms with Gasteiger partial charge in [0.15, 0.2) is 0 Å². The van der Waals surface area contributed by atoms with Gasteiger partial charge in [0.25, 0.3) is 0 Å². The number of carbonyl (C=O) groups is 2. The van der Waals surface area contributed by atoms with Crippen LogP contribution in [0.2, 0.25) is 5.02 Å². The van der Waals surface area contributed by atoms with E-state index in [-0.39, 0.29) is 18.1 Å². The SMILES string of the molecule is Cc1ccc(NC(=O)[C@@H]2[C@@H](C(=O)O)[C@@H]3CC[C@@H]2O3)cc1Cl. The number of amides is 1. The van der Waals surface area contributed by atoms with Gasteiger partial charge in [0.1, 0.15) is 0 Å². The molecule has 3 rings (SSSR count). The number of fused-ring (bicyclic) bond motifs is 2. The van der Waals surface area contributed by atoms with Gasteiger partial charge in [-0.25, -0.2) is 0 Å². The van der Waals surface area contributed by atoms with E-state index in [0.717, 1.165) is 12.0 Å². The van der Waals surface area contributed by atoms with Crippen LogP contribution in [0, 0.1) is 18.8 Å². The maximum Gasteiger partial charge on any atom is 0.310 e. The van der Waals surface area contributed by atoms with Crippen LogP contribution in [0.4, 0.5) is 5.69 Å². The third-order valence-electron chi connectivity index (χ3n) is 4.30. The lowest BCUT2D eigenvalue weighted by molar-refractivity contribution is -0.147. The first kappa shape index (κ1) is 14.4. The van der Waals surface area contributed by atoms with Crippen LogP contribution >= 0.6 is 11.6 Å². The maximum absolute atomic E-state index is 12.4. The van der Waals surface area contributed by atoms with E-state index in [9.17, 15) is 14.7 Å². The number of carbonyl (C=O) groups excluding carboxylic acids is 1. The molecule has 0 radical (unpaired) electrons. The molecule has 1 aromatic rings. The number of hydrogen-bond donors (Lipinski definition) is 2. The zero-order valence-corrected chi connectivity index (χ0v) is 12.3. The standard InChI is InChI=1S/C15H16ClNO4/c1-7-2-3-8(6-9(7)16)17-14(18)12-10-4-5-11(21-10)13(12)15(19)20/h2-3,6,10-13H,4-5H2,1H3,(H,17,18)(H,19,20)/t10-,11-,12-,13-/m0/s1. The Hall–Kier alpha value is -1.59.